The Morgan fingerprint density at radius 1 is 0.604 bits per heavy atom. The molecule has 22 N–H and O–H groups in total. The largest absolute Gasteiger partial charge is 0.480 e. The van der Waals surface area contributed by atoms with Crippen LogP contribution in [0, 0.1) is 11.8 Å². The van der Waals surface area contributed by atoms with Gasteiger partial charge in [0.1, 0.15) is 36.3 Å². The number of carboxylic acid groups (broad SMARTS) is 6. The number of aliphatic hydroxyl groups excluding tert-OH is 1. The van der Waals surface area contributed by atoms with Crippen molar-refractivity contribution in [2.45, 2.75) is 122 Å². The van der Waals surface area contributed by atoms with Crippen LogP contribution in [-0.2, 0) is 38.4 Å². The summed E-state index contributed by atoms with van der Waals surface area (Å²) in [6.45, 7) is 9.98. The molecule has 1 heterocycles. The lowest BCUT2D eigenvalue weighted by atomic mass is 10.1. The van der Waals surface area contributed by atoms with Crippen LogP contribution >= 0.6 is 0 Å². The highest BCUT2D eigenvalue weighted by atomic mass is 16.4. The number of carbonyl (C=O) groups excluding carboxylic acids is 2. The van der Waals surface area contributed by atoms with Crippen molar-refractivity contribution in [3.05, 3.63) is 0 Å². The number of amides is 2. The first-order chi connectivity index (χ1) is 24.0. The number of rotatable bonds is 16. The smallest absolute Gasteiger partial charge is 0.323 e. The maximum atomic E-state index is 10.1. The Morgan fingerprint density at radius 3 is 1.11 bits per heavy atom. The quantitative estimate of drug-likeness (QED) is 0.0721. The molecule has 1 saturated heterocycles. The Balaban J connectivity index is -0.000000174. The second-order valence-corrected chi connectivity index (χ2v) is 12.3. The Bertz CT molecular complexity index is 1070. The van der Waals surface area contributed by atoms with E-state index in [-0.39, 0.29) is 25.3 Å². The summed E-state index contributed by atoms with van der Waals surface area (Å²) in [5.41, 5.74) is 34.7. The number of carboxylic acids is 6. The third kappa shape index (κ3) is 43.6. The molecule has 23 heteroatoms. The van der Waals surface area contributed by atoms with Gasteiger partial charge in [-0.3, -0.25) is 38.4 Å². The predicted molar refractivity (Wildman–Crippen MR) is 190 cm³/mol. The van der Waals surface area contributed by atoms with Gasteiger partial charge in [0.25, 0.3) is 0 Å². The summed E-state index contributed by atoms with van der Waals surface area (Å²) < 4.78 is 0. The highest BCUT2D eigenvalue weighted by Gasteiger charge is 2.20. The molecule has 0 bridgehead atoms. The van der Waals surface area contributed by atoms with Gasteiger partial charge in [0.2, 0.25) is 11.8 Å². The number of hydrogen-bond donors (Lipinski definition) is 15. The molecule has 23 nitrogen and oxygen atoms in total. The molecule has 1 rings (SSSR count). The maximum absolute atomic E-state index is 10.1. The molecular formula is C30H62N8O15. The molecule has 1 fully saturated rings. The Labute approximate surface area is 307 Å². The zero-order chi connectivity index (χ0) is 43.2. The molecule has 312 valence electrons. The van der Waals surface area contributed by atoms with E-state index in [2.05, 4.69) is 11.1 Å². The summed E-state index contributed by atoms with van der Waals surface area (Å²) in [4.78, 5) is 80.2. The monoisotopic (exact) mass is 774 g/mol. The molecule has 1 aliphatic heterocycles. The number of nitrogens with two attached hydrogens (primary N) is 7. The lowest BCUT2D eigenvalue weighted by molar-refractivity contribution is -0.141. The first kappa shape index (κ1) is 57.8. The van der Waals surface area contributed by atoms with E-state index in [0.29, 0.717) is 24.7 Å². The van der Waals surface area contributed by atoms with Gasteiger partial charge in [-0.25, -0.2) is 0 Å². The first-order valence-corrected chi connectivity index (χ1v) is 16.1. The fraction of sp³-hybridized carbons (Fsp3) is 0.733. The van der Waals surface area contributed by atoms with E-state index in [0.717, 1.165) is 19.4 Å². The van der Waals surface area contributed by atoms with Crippen molar-refractivity contribution < 1.29 is 74.1 Å². The van der Waals surface area contributed by atoms with E-state index in [9.17, 15) is 38.4 Å². The van der Waals surface area contributed by atoms with Crippen molar-refractivity contribution in [3.63, 3.8) is 0 Å². The molecule has 7 atom stereocenters. The van der Waals surface area contributed by atoms with Crippen LogP contribution in [0.15, 0.2) is 0 Å². The van der Waals surface area contributed by atoms with Crippen molar-refractivity contribution in [1.82, 2.24) is 5.32 Å². The number of hydrogen-bond acceptors (Lipinski definition) is 15. The zero-order valence-electron chi connectivity index (χ0n) is 30.8. The summed E-state index contributed by atoms with van der Waals surface area (Å²) in [6.07, 6.45) is 1.72. The Kier molecular flexibility index (Phi) is 36.3. The van der Waals surface area contributed by atoms with E-state index in [1.54, 1.807) is 0 Å². The third-order valence-corrected chi connectivity index (χ3v) is 6.01. The fourth-order valence-corrected chi connectivity index (χ4v) is 3.04. The van der Waals surface area contributed by atoms with Gasteiger partial charge in [-0.1, -0.05) is 27.7 Å². The molecule has 0 aliphatic carbocycles. The highest BCUT2D eigenvalue weighted by molar-refractivity contribution is 5.83. The van der Waals surface area contributed by atoms with Crippen LogP contribution in [0.2, 0.25) is 0 Å². The van der Waals surface area contributed by atoms with E-state index in [4.69, 9.17) is 70.1 Å². The average Bonchev–Trinajstić information content (AvgIpc) is 3.55. The molecule has 0 saturated carbocycles. The summed E-state index contributed by atoms with van der Waals surface area (Å²) in [6, 6.07) is -4.95. The van der Waals surface area contributed by atoms with Crippen molar-refractivity contribution in [3.8, 4) is 0 Å². The van der Waals surface area contributed by atoms with Crippen LogP contribution in [0.4, 0.5) is 0 Å². The highest BCUT2D eigenvalue weighted by Crippen LogP contribution is 2.04. The molecule has 0 aromatic rings. The topological polar surface area (TPSA) is 472 Å². The molecule has 0 unspecified atom stereocenters. The van der Waals surface area contributed by atoms with Gasteiger partial charge in [-0.15, -0.1) is 0 Å². The van der Waals surface area contributed by atoms with Crippen LogP contribution in [0.1, 0.15) is 79.6 Å². The number of nitrogens with one attached hydrogen (secondary N) is 1. The Morgan fingerprint density at radius 2 is 0.981 bits per heavy atom. The lowest BCUT2D eigenvalue weighted by Crippen LogP contribution is -2.39. The molecule has 0 spiro atoms. The third-order valence-electron chi connectivity index (χ3n) is 6.01. The second kappa shape index (κ2) is 33.3. The van der Waals surface area contributed by atoms with Gasteiger partial charge in [-0.2, -0.15) is 0 Å². The molecular weight excluding hydrogens is 712 g/mol. The van der Waals surface area contributed by atoms with E-state index in [1.807, 2.05) is 27.7 Å². The zero-order valence-corrected chi connectivity index (χ0v) is 30.8. The molecule has 1 aliphatic rings. The Hall–Kier alpha value is -4.52. The van der Waals surface area contributed by atoms with Crippen molar-refractivity contribution in [1.29, 1.82) is 0 Å². The molecule has 0 aromatic carbocycles. The van der Waals surface area contributed by atoms with Gasteiger partial charge >= 0.3 is 35.8 Å². The number of aliphatic hydroxyl groups is 1. The number of primary amides is 2. The average molecular weight is 775 g/mol. The second-order valence-electron chi connectivity index (χ2n) is 12.3. The fourth-order valence-electron chi connectivity index (χ4n) is 3.04. The van der Waals surface area contributed by atoms with Gasteiger partial charge in [0.15, 0.2) is 0 Å². The maximum Gasteiger partial charge on any atom is 0.323 e. The number of carbonyl (C=O) groups is 8. The van der Waals surface area contributed by atoms with Gasteiger partial charge in [0, 0.05) is 6.42 Å². The summed E-state index contributed by atoms with van der Waals surface area (Å²) >= 11 is 0. The van der Waals surface area contributed by atoms with E-state index < -0.39 is 83.9 Å². The molecule has 53 heavy (non-hydrogen) atoms. The van der Waals surface area contributed by atoms with Crippen LogP contribution in [0.5, 0.6) is 0 Å². The normalized spacial score (nSPS) is 16.1. The summed E-state index contributed by atoms with van der Waals surface area (Å²) in [5.74, 6) is -6.57. The van der Waals surface area contributed by atoms with E-state index >= 15 is 0 Å². The minimum atomic E-state index is -1.21. The van der Waals surface area contributed by atoms with Crippen LogP contribution in [0.25, 0.3) is 0 Å². The predicted octanol–water partition coefficient (Wildman–Crippen LogP) is -3.57. The lowest BCUT2D eigenvalue weighted by Gasteiger charge is -2.07. The van der Waals surface area contributed by atoms with Crippen molar-refractivity contribution >= 4 is 47.6 Å². The summed E-state index contributed by atoms with van der Waals surface area (Å²) in [7, 11) is 0. The van der Waals surface area contributed by atoms with Gasteiger partial charge in [-0.05, 0) is 57.4 Å². The SMILES string of the molecule is CC(C)C[C@H](N)C(=O)O.CC(C)C[C@H](N)C(=O)O.C[C@@H](O)[C@H](N)C(=O)O.NC(=O)CC[C@H](N)C(=O)O.NC(=O)C[C@H](N)C(=O)O.O=C(O)[C@@H]1CCCN1. The molecule has 0 radical (unpaired) electrons. The van der Waals surface area contributed by atoms with Gasteiger partial charge in [0.05, 0.1) is 12.5 Å². The first-order valence-electron chi connectivity index (χ1n) is 16.1. The minimum Gasteiger partial charge on any atom is -0.480 e. The van der Waals surface area contributed by atoms with Gasteiger partial charge < -0.3 is 81.2 Å². The van der Waals surface area contributed by atoms with Crippen molar-refractivity contribution in [2.75, 3.05) is 6.54 Å². The molecule has 0 aromatic heterocycles. The number of aliphatic carboxylic acids is 6. The van der Waals surface area contributed by atoms with Crippen LogP contribution in [-0.4, -0.2) is 132 Å². The van der Waals surface area contributed by atoms with Crippen molar-refractivity contribution in [2.24, 2.45) is 52.0 Å². The van der Waals surface area contributed by atoms with Crippen LogP contribution < -0.4 is 45.5 Å². The van der Waals surface area contributed by atoms with Crippen LogP contribution in [0.3, 0.4) is 0 Å². The van der Waals surface area contributed by atoms with E-state index in [1.165, 1.54) is 6.92 Å². The molecule has 2 amide bonds. The summed E-state index contributed by atoms with van der Waals surface area (Å²) in [5, 5.41) is 60.7. The minimum absolute atomic E-state index is 0.0213. The standard InChI is InChI=1S/2C6H13NO2.C5H10N2O3.C5H9NO2.C4H8N2O3.C4H9NO3/c2*1-4(2)3-5(7)6(8)9;6-3(5(9)10)1-2-4(7)8;7-5(8)4-2-1-3-6-4;5-2(4(8)9)1-3(6)7;1-2(6)3(5)4(7)8/h2*4-5H,3,7H2,1-2H3,(H,8,9);3H,1-2,6H2,(H2,7,8)(H,9,10);4,6H,1-3H2,(H,7,8);2H,1,5H2,(H2,6,7)(H,8,9);2-3,6H,5H2,1H3,(H,7,8)/t2*5-;3-;4-;2-;2-,3+/m000001/s1.